The van der Waals surface area contributed by atoms with Crippen molar-refractivity contribution in [3.05, 3.63) is 57.6 Å². The minimum Gasteiger partial charge on any atom is -0.321 e. The molecule has 0 aliphatic carbocycles. The number of pyridine rings is 1. The van der Waals surface area contributed by atoms with Gasteiger partial charge in [0.1, 0.15) is 11.0 Å². The Kier molecular flexibility index (Phi) is 4.02. The number of carbonyl (C=O) groups is 1. The molecule has 0 atom stereocenters. The molecule has 0 spiro atoms. The van der Waals surface area contributed by atoms with E-state index in [1.807, 2.05) is 0 Å². The maximum atomic E-state index is 12.9. The summed E-state index contributed by atoms with van der Waals surface area (Å²) in [6.07, 6.45) is 0. The van der Waals surface area contributed by atoms with Gasteiger partial charge in [-0.25, -0.2) is 9.37 Å². The van der Waals surface area contributed by atoms with Crippen molar-refractivity contribution in [1.82, 2.24) is 4.98 Å². The highest BCUT2D eigenvalue weighted by Crippen LogP contribution is 2.23. The van der Waals surface area contributed by atoms with E-state index in [1.54, 1.807) is 13.0 Å². The van der Waals surface area contributed by atoms with Crippen molar-refractivity contribution in [2.24, 2.45) is 0 Å². The molecule has 0 bridgehead atoms. The summed E-state index contributed by atoms with van der Waals surface area (Å²) in [4.78, 5) is 16.0. The van der Waals surface area contributed by atoms with Crippen LogP contribution in [0.4, 0.5) is 10.1 Å². The summed E-state index contributed by atoms with van der Waals surface area (Å²) in [5, 5.41) is 2.95. The fourth-order valence-electron chi connectivity index (χ4n) is 1.54. The van der Waals surface area contributed by atoms with Gasteiger partial charge in [0.05, 0.1) is 10.7 Å². The Balaban J connectivity index is 2.25. The Morgan fingerprint density at radius 2 is 2.00 bits per heavy atom. The number of halogens is 3. The molecule has 1 heterocycles. The average molecular weight is 299 g/mol. The number of amides is 1. The predicted molar refractivity (Wildman–Crippen MR) is 73.3 cm³/mol. The van der Waals surface area contributed by atoms with Crippen LogP contribution in [0.1, 0.15) is 16.1 Å². The zero-order valence-electron chi connectivity index (χ0n) is 9.88. The molecule has 2 aromatic rings. The van der Waals surface area contributed by atoms with E-state index in [0.717, 1.165) is 6.07 Å². The second-order valence-corrected chi connectivity index (χ2v) is 4.69. The first-order valence-corrected chi connectivity index (χ1v) is 6.12. The van der Waals surface area contributed by atoms with Crippen molar-refractivity contribution in [1.29, 1.82) is 0 Å². The molecule has 1 aromatic carbocycles. The average Bonchev–Trinajstić information content (AvgIpc) is 2.31. The molecule has 0 aliphatic rings. The molecule has 0 radical (unpaired) electrons. The largest absolute Gasteiger partial charge is 0.321 e. The third kappa shape index (κ3) is 3.43. The third-order valence-electron chi connectivity index (χ3n) is 2.36. The quantitative estimate of drug-likeness (QED) is 0.849. The molecule has 6 heteroatoms. The zero-order chi connectivity index (χ0) is 14.0. The molecule has 3 nitrogen and oxygen atoms in total. The van der Waals surface area contributed by atoms with Gasteiger partial charge in [0, 0.05) is 11.3 Å². The van der Waals surface area contributed by atoms with Gasteiger partial charge in [0.2, 0.25) is 0 Å². The first kappa shape index (κ1) is 13.8. The molecule has 1 aromatic heterocycles. The van der Waals surface area contributed by atoms with Crippen LogP contribution in [0.15, 0.2) is 30.3 Å². The lowest BCUT2D eigenvalue weighted by atomic mass is 10.2. The zero-order valence-corrected chi connectivity index (χ0v) is 11.4. The van der Waals surface area contributed by atoms with Crippen LogP contribution in [-0.4, -0.2) is 10.9 Å². The lowest BCUT2D eigenvalue weighted by molar-refractivity contribution is 0.102. The van der Waals surface area contributed by atoms with Gasteiger partial charge < -0.3 is 5.32 Å². The monoisotopic (exact) mass is 298 g/mol. The van der Waals surface area contributed by atoms with Crippen LogP contribution in [0.5, 0.6) is 0 Å². The predicted octanol–water partition coefficient (Wildman–Crippen LogP) is 4.09. The van der Waals surface area contributed by atoms with Gasteiger partial charge in [-0.05, 0) is 37.3 Å². The van der Waals surface area contributed by atoms with E-state index in [1.165, 1.54) is 18.2 Å². The summed E-state index contributed by atoms with van der Waals surface area (Å²) in [7, 11) is 0. The standard InChI is InChI=1S/C13H9Cl2FN2O/c1-7-4-8(5-12(15)17-7)13(19)18-11-3-2-9(16)6-10(11)14/h2-6H,1H3,(H,18,19). The second-order valence-electron chi connectivity index (χ2n) is 3.90. The Morgan fingerprint density at radius 3 is 2.63 bits per heavy atom. The van der Waals surface area contributed by atoms with Gasteiger partial charge in [-0.2, -0.15) is 0 Å². The van der Waals surface area contributed by atoms with Crippen molar-refractivity contribution in [2.75, 3.05) is 5.32 Å². The van der Waals surface area contributed by atoms with E-state index in [9.17, 15) is 9.18 Å². The highest BCUT2D eigenvalue weighted by Gasteiger charge is 2.10. The number of nitrogens with zero attached hydrogens (tertiary/aromatic N) is 1. The Labute approximate surface area is 119 Å². The topological polar surface area (TPSA) is 42.0 Å². The van der Waals surface area contributed by atoms with Gasteiger partial charge in [-0.3, -0.25) is 4.79 Å². The van der Waals surface area contributed by atoms with E-state index >= 15 is 0 Å². The van der Waals surface area contributed by atoms with Gasteiger partial charge in [0.15, 0.2) is 0 Å². The molecule has 0 saturated carbocycles. The van der Waals surface area contributed by atoms with Crippen LogP contribution in [-0.2, 0) is 0 Å². The second kappa shape index (κ2) is 5.55. The summed E-state index contributed by atoms with van der Waals surface area (Å²) in [5.41, 5.74) is 1.32. The van der Waals surface area contributed by atoms with Crippen molar-refractivity contribution in [2.45, 2.75) is 6.92 Å². The molecule has 19 heavy (non-hydrogen) atoms. The maximum absolute atomic E-state index is 12.9. The van der Waals surface area contributed by atoms with Crippen LogP contribution < -0.4 is 5.32 Å². The normalized spacial score (nSPS) is 10.3. The number of anilines is 1. The number of nitrogens with one attached hydrogen (secondary N) is 1. The number of benzene rings is 1. The molecular formula is C13H9Cl2FN2O. The van der Waals surface area contributed by atoms with Crippen LogP contribution in [0.2, 0.25) is 10.2 Å². The van der Waals surface area contributed by atoms with Gasteiger partial charge in [0.25, 0.3) is 5.91 Å². The summed E-state index contributed by atoms with van der Waals surface area (Å²) in [6.45, 7) is 1.73. The van der Waals surface area contributed by atoms with E-state index in [4.69, 9.17) is 23.2 Å². The van der Waals surface area contributed by atoms with Gasteiger partial charge in [-0.15, -0.1) is 0 Å². The van der Waals surface area contributed by atoms with Crippen LogP contribution in [0.3, 0.4) is 0 Å². The molecule has 0 fully saturated rings. The van der Waals surface area contributed by atoms with Gasteiger partial charge >= 0.3 is 0 Å². The van der Waals surface area contributed by atoms with E-state index in [2.05, 4.69) is 10.3 Å². The summed E-state index contributed by atoms with van der Waals surface area (Å²) < 4.78 is 12.9. The minimum absolute atomic E-state index is 0.130. The Hall–Kier alpha value is -1.65. The molecule has 2 rings (SSSR count). The number of aryl methyl sites for hydroxylation is 1. The molecule has 98 valence electrons. The summed E-state index contributed by atoms with van der Waals surface area (Å²) >= 11 is 11.6. The van der Waals surface area contributed by atoms with Crippen molar-refractivity contribution >= 4 is 34.8 Å². The smallest absolute Gasteiger partial charge is 0.255 e. The molecule has 0 unspecified atom stereocenters. The molecule has 1 N–H and O–H groups in total. The van der Waals surface area contributed by atoms with Crippen LogP contribution >= 0.6 is 23.2 Å². The van der Waals surface area contributed by atoms with E-state index in [0.29, 0.717) is 16.9 Å². The van der Waals surface area contributed by atoms with Crippen LogP contribution in [0, 0.1) is 12.7 Å². The highest BCUT2D eigenvalue weighted by molar-refractivity contribution is 6.34. The number of hydrogen-bond acceptors (Lipinski definition) is 2. The first-order chi connectivity index (χ1) is 8.95. The molecule has 0 saturated heterocycles. The van der Waals surface area contributed by atoms with Gasteiger partial charge in [-0.1, -0.05) is 23.2 Å². The molecular weight excluding hydrogens is 290 g/mol. The first-order valence-electron chi connectivity index (χ1n) is 5.36. The minimum atomic E-state index is -0.467. The van der Waals surface area contributed by atoms with Crippen LogP contribution in [0.25, 0.3) is 0 Å². The van der Waals surface area contributed by atoms with E-state index in [-0.39, 0.29) is 16.1 Å². The lowest BCUT2D eigenvalue weighted by Gasteiger charge is -2.08. The maximum Gasteiger partial charge on any atom is 0.255 e. The SMILES string of the molecule is Cc1cc(C(=O)Nc2ccc(F)cc2Cl)cc(Cl)n1. The Bertz CT molecular complexity index is 626. The fraction of sp³-hybridized carbons (Fsp3) is 0.0769. The number of aromatic nitrogens is 1. The van der Waals surface area contributed by atoms with Crippen molar-refractivity contribution in [3.63, 3.8) is 0 Å². The molecule has 0 aliphatic heterocycles. The molecule has 1 amide bonds. The van der Waals surface area contributed by atoms with Crippen molar-refractivity contribution < 1.29 is 9.18 Å². The number of hydrogen-bond donors (Lipinski definition) is 1. The fourth-order valence-corrected chi connectivity index (χ4v) is 2.01. The third-order valence-corrected chi connectivity index (χ3v) is 2.87. The Morgan fingerprint density at radius 1 is 1.26 bits per heavy atom. The highest BCUT2D eigenvalue weighted by atomic mass is 35.5. The lowest BCUT2D eigenvalue weighted by Crippen LogP contribution is -2.12. The summed E-state index contributed by atoms with van der Waals surface area (Å²) in [6, 6.07) is 6.78. The summed E-state index contributed by atoms with van der Waals surface area (Å²) in [5.74, 6) is -0.855. The van der Waals surface area contributed by atoms with Crippen molar-refractivity contribution in [3.8, 4) is 0 Å². The van der Waals surface area contributed by atoms with E-state index < -0.39 is 5.82 Å². The number of carbonyl (C=O) groups excluding carboxylic acids is 1. The number of rotatable bonds is 2.